The molecule has 0 bridgehead atoms. The van der Waals surface area contributed by atoms with Gasteiger partial charge >= 0.3 is 0 Å². The first-order valence-electron chi connectivity index (χ1n) is 14.1. The Hall–Kier alpha value is -4.97. The van der Waals surface area contributed by atoms with Crippen LogP contribution < -0.4 is 13.8 Å². The first-order valence-corrected chi connectivity index (χ1v) is 16.0. The number of carbonyl (C=O) groups is 1. The molecular formula is C33H31FN4O6S. The summed E-state index contributed by atoms with van der Waals surface area (Å²) in [6, 6.07) is 17.1. The average Bonchev–Trinajstić information content (AvgIpc) is 3.57. The summed E-state index contributed by atoms with van der Waals surface area (Å²) in [6.07, 6.45) is 3.21. The van der Waals surface area contributed by atoms with E-state index >= 15 is 0 Å². The van der Waals surface area contributed by atoms with Gasteiger partial charge in [0, 0.05) is 36.8 Å². The van der Waals surface area contributed by atoms with Gasteiger partial charge in [-0.25, -0.2) is 12.8 Å². The molecule has 1 aliphatic heterocycles. The molecule has 0 saturated carbocycles. The minimum atomic E-state index is -3.76. The molecule has 1 amide bonds. The summed E-state index contributed by atoms with van der Waals surface area (Å²) in [6.45, 7) is 2.17. The van der Waals surface area contributed by atoms with Gasteiger partial charge in [0.25, 0.3) is 5.91 Å². The van der Waals surface area contributed by atoms with Gasteiger partial charge in [-0.1, -0.05) is 29.4 Å². The molecule has 0 radical (unpaired) electrons. The second kappa shape index (κ2) is 11.8. The molecule has 10 nitrogen and oxygen atoms in total. The van der Waals surface area contributed by atoms with E-state index in [-0.39, 0.29) is 42.7 Å². The molecule has 0 fully saturated rings. The Morgan fingerprint density at radius 1 is 1.04 bits per heavy atom. The van der Waals surface area contributed by atoms with E-state index in [4.69, 9.17) is 19.0 Å². The maximum Gasteiger partial charge on any atom is 0.258 e. The van der Waals surface area contributed by atoms with Gasteiger partial charge in [-0.15, -0.1) is 0 Å². The van der Waals surface area contributed by atoms with Crippen molar-refractivity contribution in [3.8, 4) is 11.5 Å². The number of methoxy groups -OCH3 is 1. The van der Waals surface area contributed by atoms with Crippen molar-refractivity contribution in [2.24, 2.45) is 0 Å². The standard InChI is InChI=1S/C33H31FN4O6S/c1-20-13-25(36-44-20)17-38-18-28-29(33(38)39)32(43-19-22-7-11-26(42-3)12-8-22)30-27(31(28)37(2)45(4,40)41)15-23(16-35-30)14-21-5-9-24(34)10-6-21/h5-13,15-16H,14,17-19H2,1-4H3. The van der Waals surface area contributed by atoms with Gasteiger partial charge in [-0.2, -0.15) is 0 Å². The molecule has 3 heterocycles. The number of hydrogen-bond donors (Lipinski definition) is 0. The zero-order valence-corrected chi connectivity index (χ0v) is 26.0. The molecule has 12 heteroatoms. The van der Waals surface area contributed by atoms with Crippen LogP contribution in [-0.2, 0) is 36.1 Å². The molecule has 0 unspecified atom stereocenters. The van der Waals surface area contributed by atoms with Gasteiger partial charge < -0.3 is 18.9 Å². The molecule has 0 N–H and O–H groups in total. The van der Waals surface area contributed by atoms with Crippen molar-refractivity contribution in [1.82, 2.24) is 15.0 Å². The maximum absolute atomic E-state index is 14.1. The van der Waals surface area contributed by atoms with Crippen LogP contribution >= 0.6 is 0 Å². The first-order chi connectivity index (χ1) is 21.5. The fraction of sp³-hybridized carbons (Fsp3) is 0.242. The minimum absolute atomic E-state index is 0.117. The number of benzene rings is 3. The Bertz CT molecular complexity index is 2010. The molecule has 0 spiro atoms. The van der Waals surface area contributed by atoms with Crippen molar-refractivity contribution >= 4 is 32.5 Å². The van der Waals surface area contributed by atoms with Gasteiger partial charge in [-0.3, -0.25) is 14.1 Å². The molecule has 45 heavy (non-hydrogen) atoms. The van der Waals surface area contributed by atoms with Crippen LogP contribution in [0.1, 0.15) is 44.1 Å². The van der Waals surface area contributed by atoms with Crippen molar-refractivity contribution in [2.45, 2.75) is 33.0 Å². The van der Waals surface area contributed by atoms with Crippen LogP contribution in [0, 0.1) is 12.7 Å². The predicted octanol–water partition coefficient (Wildman–Crippen LogP) is 5.40. The monoisotopic (exact) mass is 630 g/mol. The fourth-order valence-electron chi connectivity index (χ4n) is 5.50. The number of anilines is 1. The van der Waals surface area contributed by atoms with E-state index in [9.17, 15) is 17.6 Å². The second-order valence-corrected chi connectivity index (χ2v) is 13.0. The number of halogens is 1. The van der Waals surface area contributed by atoms with E-state index in [1.165, 1.54) is 23.5 Å². The third kappa shape index (κ3) is 6.05. The molecule has 232 valence electrons. The van der Waals surface area contributed by atoms with Crippen molar-refractivity contribution in [1.29, 1.82) is 0 Å². The van der Waals surface area contributed by atoms with E-state index in [2.05, 4.69) is 5.16 Å². The van der Waals surface area contributed by atoms with Crippen molar-refractivity contribution in [3.05, 3.63) is 112 Å². The number of amides is 1. The molecule has 0 aliphatic carbocycles. The van der Waals surface area contributed by atoms with Crippen LogP contribution in [0.3, 0.4) is 0 Å². The number of rotatable bonds is 10. The van der Waals surface area contributed by atoms with Crippen LogP contribution in [0.2, 0.25) is 0 Å². The Labute approximate surface area is 260 Å². The number of aryl methyl sites for hydroxylation is 1. The smallest absolute Gasteiger partial charge is 0.258 e. The highest BCUT2D eigenvalue weighted by molar-refractivity contribution is 7.92. The van der Waals surface area contributed by atoms with Crippen molar-refractivity contribution in [3.63, 3.8) is 0 Å². The largest absolute Gasteiger partial charge is 0.497 e. The summed E-state index contributed by atoms with van der Waals surface area (Å²) < 4.78 is 57.6. The molecule has 2 aromatic heterocycles. The normalized spacial score (nSPS) is 12.9. The summed E-state index contributed by atoms with van der Waals surface area (Å²) >= 11 is 0. The highest BCUT2D eigenvalue weighted by Crippen LogP contribution is 2.46. The zero-order chi connectivity index (χ0) is 31.9. The van der Waals surface area contributed by atoms with Gasteiger partial charge in [0.15, 0.2) is 5.75 Å². The Morgan fingerprint density at radius 2 is 1.76 bits per heavy atom. The van der Waals surface area contributed by atoms with Crippen LogP contribution in [0.15, 0.2) is 71.4 Å². The highest BCUT2D eigenvalue weighted by Gasteiger charge is 2.38. The second-order valence-electron chi connectivity index (χ2n) is 11.0. The van der Waals surface area contributed by atoms with Crippen molar-refractivity contribution < 1.29 is 31.6 Å². The summed E-state index contributed by atoms with van der Waals surface area (Å²) in [5.41, 5.74) is 4.49. The van der Waals surface area contributed by atoms with E-state index in [0.29, 0.717) is 45.8 Å². The van der Waals surface area contributed by atoms with E-state index < -0.39 is 10.0 Å². The van der Waals surface area contributed by atoms with Gasteiger partial charge in [0.1, 0.15) is 35.1 Å². The van der Waals surface area contributed by atoms with Gasteiger partial charge in [0.2, 0.25) is 10.0 Å². The van der Waals surface area contributed by atoms with Crippen LogP contribution in [0.4, 0.5) is 10.1 Å². The van der Waals surface area contributed by atoms with Crippen molar-refractivity contribution in [2.75, 3.05) is 24.7 Å². The van der Waals surface area contributed by atoms with Crippen LogP contribution in [0.5, 0.6) is 11.5 Å². The Morgan fingerprint density at radius 3 is 2.40 bits per heavy atom. The lowest BCUT2D eigenvalue weighted by atomic mass is 9.98. The number of nitrogens with zero attached hydrogens (tertiary/aromatic N) is 4. The lowest BCUT2D eigenvalue weighted by molar-refractivity contribution is 0.0760. The predicted molar refractivity (Wildman–Crippen MR) is 166 cm³/mol. The third-order valence-corrected chi connectivity index (χ3v) is 8.96. The van der Waals surface area contributed by atoms with Crippen LogP contribution in [0.25, 0.3) is 10.9 Å². The molecule has 5 aromatic rings. The number of aromatic nitrogens is 2. The number of carbonyl (C=O) groups excluding carboxylic acids is 1. The number of pyridine rings is 1. The maximum atomic E-state index is 14.1. The van der Waals surface area contributed by atoms with E-state index in [0.717, 1.165) is 22.9 Å². The minimum Gasteiger partial charge on any atom is -0.497 e. The highest BCUT2D eigenvalue weighted by atomic mass is 32.2. The Kier molecular flexibility index (Phi) is 7.92. The summed E-state index contributed by atoms with van der Waals surface area (Å²) in [7, 11) is -0.708. The van der Waals surface area contributed by atoms with Gasteiger partial charge in [-0.05, 0) is 60.4 Å². The lowest BCUT2D eigenvalue weighted by Crippen LogP contribution is -2.27. The molecular weight excluding hydrogens is 599 g/mol. The SMILES string of the molecule is COc1ccc(COc2c3c(c(N(C)S(C)(=O)=O)c4cc(Cc5ccc(F)cc5)cnc24)CN(Cc2cc(C)on2)C3=O)cc1. The summed E-state index contributed by atoms with van der Waals surface area (Å²) in [5, 5.41) is 4.56. The molecule has 0 atom stereocenters. The fourth-order valence-corrected chi connectivity index (χ4v) is 6.04. The first kappa shape index (κ1) is 30.1. The topological polar surface area (TPSA) is 115 Å². The molecule has 3 aromatic carbocycles. The lowest BCUT2D eigenvalue weighted by Gasteiger charge is -2.24. The quantitative estimate of drug-likeness (QED) is 0.202. The molecule has 0 saturated heterocycles. The van der Waals surface area contributed by atoms with Crippen LogP contribution in [-0.4, -0.2) is 49.8 Å². The number of fused-ring (bicyclic) bond motifs is 2. The van der Waals surface area contributed by atoms with E-state index in [1.807, 2.05) is 30.3 Å². The van der Waals surface area contributed by atoms with Gasteiger partial charge in [0.05, 0.1) is 31.2 Å². The number of ether oxygens (including phenoxy) is 2. The zero-order valence-electron chi connectivity index (χ0n) is 25.2. The Balaban J connectivity index is 1.51. The summed E-state index contributed by atoms with van der Waals surface area (Å²) in [5.74, 6) is 0.897. The summed E-state index contributed by atoms with van der Waals surface area (Å²) in [4.78, 5) is 20.4. The average molecular weight is 631 g/mol. The number of hydrogen-bond acceptors (Lipinski definition) is 8. The van der Waals surface area contributed by atoms with E-state index in [1.54, 1.807) is 43.3 Å². The molecule has 6 rings (SSSR count). The number of sulfonamides is 1. The third-order valence-electron chi connectivity index (χ3n) is 7.78. The molecule has 1 aliphatic rings.